The van der Waals surface area contributed by atoms with E-state index >= 15 is 0 Å². The molecule has 1 saturated carbocycles. The van der Waals surface area contributed by atoms with Crippen molar-refractivity contribution in [2.24, 2.45) is 17.8 Å². The highest BCUT2D eigenvalue weighted by molar-refractivity contribution is 5.75. The lowest BCUT2D eigenvalue weighted by molar-refractivity contribution is -0.153. The number of rotatable bonds is 9. The molecule has 206 valence electrons. The quantitative estimate of drug-likeness (QED) is 0.464. The first-order valence-electron chi connectivity index (χ1n) is 13.5. The largest absolute Gasteiger partial charge is 0.443 e. The van der Waals surface area contributed by atoms with Crippen LogP contribution in [0, 0.1) is 17.8 Å². The van der Waals surface area contributed by atoms with Gasteiger partial charge in [-0.3, -0.25) is 0 Å². The van der Waals surface area contributed by atoms with Gasteiger partial charge < -0.3 is 34.9 Å². The molecule has 2 saturated heterocycles. The maximum Gasteiger partial charge on any atom is 0.407 e. The summed E-state index contributed by atoms with van der Waals surface area (Å²) in [6.45, 7) is 10.9. The van der Waals surface area contributed by atoms with Crippen molar-refractivity contribution in [1.82, 2.24) is 15.5 Å². The van der Waals surface area contributed by atoms with Crippen molar-refractivity contribution >= 4 is 12.1 Å². The molecule has 3 fully saturated rings. The number of fused-ring (bicyclic) bond motifs is 2. The van der Waals surface area contributed by atoms with Crippen LogP contribution in [0.2, 0.25) is 0 Å². The highest BCUT2D eigenvalue weighted by atomic mass is 16.7. The van der Waals surface area contributed by atoms with Crippen LogP contribution in [0.3, 0.4) is 0 Å². The summed E-state index contributed by atoms with van der Waals surface area (Å²) in [4.78, 5) is 27.7. The van der Waals surface area contributed by atoms with Crippen LogP contribution in [0.1, 0.15) is 53.0 Å². The number of alkyl carbamates (subject to hydrolysis) is 1. The van der Waals surface area contributed by atoms with Crippen molar-refractivity contribution in [1.29, 1.82) is 0 Å². The normalized spacial score (nSPS) is 28.0. The Morgan fingerprint density at radius 2 is 1.86 bits per heavy atom. The summed E-state index contributed by atoms with van der Waals surface area (Å²) >= 11 is 0. The summed E-state index contributed by atoms with van der Waals surface area (Å²) in [5.41, 5.74) is 0.556. The van der Waals surface area contributed by atoms with E-state index in [-0.39, 0.29) is 42.9 Å². The van der Waals surface area contributed by atoms with E-state index in [1.165, 1.54) is 0 Å². The summed E-state index contributed by atoms with van der Waals surface area (Å²) < 4.78 is 17.6. The van der Waals surface area contributed by atoms with Crippen LogP contribution in [0.25, 0.3) is 0 Å². The number of amides is 3. The summed E-state index contributed by atoms with van der Waals surface area (Å²) in [5.74, 6) is 0.710. The lowest BCUT2D eigenvalue weighted by Gasteiger charge is -2.37. The van der Waals surface area contributed by atoms with Gasteiger partial charge in [0.05, 0.1) is 31.4 Å². The molecule has 4 rings (SSSR count). The smallest absolute Gasteiger partial charge is 0.407 e. The van der Waals surface area contributed by atoms with E-state index < -0.39 is 23.8 Å². The number of benzene rings is 1. The molecule has 2 heterocycles. The summed E-state index contributed by atoms with van der Waals surface area (Å²) in [6, 6.07) is 8.78. The molecule has 3 bridgehead atoms. The third-order valence-electron chi connectivity index (χ3n) is 7.21. The first-order valence-corrected chi connectivity index (χ1v) is 13.5. The Hall–Kier alpha value is -2.36. The molecule has 3 N–H and O–H groups in total. The van der Waals surface area contributed by atoms with Gasteiger partial charge in [0.1, 0.15) is 6.10 Å². The minimum Gasteiger partial charge on any atom is -0.443 e. The highest BCUT2D eigenvalue weighted by Gasteiger charge is 2.53. The van der Waals surface area contributed by atoms with Gasteiger partial charge in [-0.05, 0) is 51.5 Å². The molecular formula is C28H43N3O6. The van der Waals surface area contributed by atoms with Gasteiger partial charge in [-0.15, -0.1) is 0 Å². The number of urea groups is 1. The van der Waals surface area contributed by atoms with Crippen LogP contribution in [0.15, 0.2) is 30.3 Å². The van der Waals surface area contributed by atoms with Gasteiger partial charge in [-0.1, -0.05) is 44.2 Å². The summed E-state index contributed by atoms with van der Waals surface area (Å²) in [5, 5.41) is 17.2. The zero-order valence-electron chi connectivity index (χ0n) is 22.7. The van der Waals surface area contributed by atoms with Crippen molar-refractivity contribution in [2.75, 3.05) is 19.7 Å². The van der Waals surface area contributed by atoms with Gasteiger partial charge in [0.15, 0.2) is 6.29 Å². The van der Waals surface area contributed by atoms with Gasteiger partial charge in [0.25, 0.3) is 0 Å². The monoisotopic (exact) mass is 517 g/mol. The molecule has 2 aliphatic heterocycles. The number of hydrogen-bond acceptors (Lipinski definition) is 6. The number of ether oxygens (including phenoxy) is 3. The molecule has 7 unspecified atom stereocenters. The van der Waals surface area contributed by atoms with Crippen LogP contribution in [0.4, 0.5) is 9.59 Å². The van der Waals surface area contributed by atoms with Gasteiger partial charge in [-0.2, -0.15) is 0 Å². The van der Waals surface area contributed by atoms with Crippen molar-refractivity contribution in [3.63, 3.8) is 0 Å². The third-order valence-corrected chi connectivity index (χ3v) is 7.21. The fraction of sp³-hybridized carbons (Fsp3) is 0.714. The molecular weight excluding hydrogens is 474 g/mol. The fourth-order valence-corrected chi connectivity index (χ4v) is 5.62. The summed E-state index contributed by atoms with van der Waals surface area (Å²) in [6.07, 6.45) is -0.127. The topological polar surface area (TPSA) is 109 Å². The van der Waals surface area contributed by atoms with E-state index in [9.17, 15) is 14.7 Å². The van der Waals surface area contributed by atoms with E-state index in [1.807, 2.05) is 65.0 Å². The van der Waals surface area contributed by atoms with E-state index in [1.54, 1.807) is 4.90 Å². The number of carbonyl (C=O) groups is 2. The first kappa shape index (κ1) is 27.7. The molecule has 0 radical (unpaired) electrons. The Balaban J connectivity index is 1.44. The van der Waals surface area contributed by atoms with Gasteiger partial charge in [0.2, 0.25) is 0 Å². The molecule has 1 aromatic rings. The van der Waals surface area contributed by atoms with E-state index in [4.69, 9.17) is 14.2 Å². The molecule has 9 heteroatoms. The Morgan fingerprint density at radius 3 is 2.54 bits per heavy atom. The van der Waals surface area contributed by atoms with Crippen LogP contribution in [-0.4, -0.2) is 78.0 Å². The molecule has 1 aliphatic carbocycles. The molecule has 9 nitrogen and oxygen atoms in total. The van der Waals surface area contributed by atoms with Crippen molar-refractivity contribution < 1.29 is 28.9 Å². The average molecular weight is 518 g/mol. The molecule has 3 aliphatic rings. The van der Waals surface area contributed by atoms with Gasteiger partial charge in [-0.25, -0.2) is 9.59 Å². The molecule has 1 aromatic carbocycles. The summed E-state index contributed by atoms with van der Waals surface area (Å²) in [7, 11) is 0. The van der Waals surface area contributed by atoms with Crippen LogP contribution in [-0.2, 0) is 20.6 Å². The van der Waals surface area contributed by atoms with Gasteiger partial charge >= 0.3 is 12.1 Å². The number of nitrogens with one attached hydrogen (secondary N) is 2. The van der Waals surface area contributed by atoms with Crippen LogP contribution < -0.4 is 10.6 Å². The molecule has 0 aromatic heterocycles. The molecule has 0 spiro atoms. The molecule has 3 amide bonds. The number of hydrogen-bond donors (Lipinski definition) is 3. The molecule has 7 atom stereocenters. The standard InChI is InChI=1S/C28H43N3O6/c1-17(2)14-31(26(33)30-28(3,4)5)15-22(32)21(11-18-9-7-6-8-10-18)29-27(34)37-24-20-12-19-13-23(24)36-25(19)35-16-20/h6-10,17,19-25,32H,11-16H2,1-5H3,(H,29,34)(H,30,33). The number of nitrogens with zero attached hydrogens (tertiary/aromatic N) is 1. The van der Waals surface area contributed by atoms with Crippen molar-refractivity contribution in [2.45, 2.75) is 90.1 Å². The predicted molar refractivity (Wildman–Crippen MR) is 139 cm³/mol. The van der Waals surface area contributed by atoms with Crippen LogP contribution in [0.5, 0.6) is 0 Å². The minimum atomic E-state index is -1.00. The average Bonchev–Trinajstić information content (AvgIpc) is 3.11. The Morgan fingerprint density at radius 1 is 1.14 bits per heavy atom. The maximum absolute atomic E-state index is 13.1. The Kier molecular flexibility index (Phi) is 8.66. The Labute approximate surface area is 220 Å². The zero-order chi connectivity index (χ0) is 26.7. The van der Waals surface area contributed by atoms with Crippen molar-refractivity contribution in [3.8, 4) is 0 Å². The molecule has 37 heavy (non-hydrogen) atoms. The lowest BCUT2D eigenvalue weighted by Crippen LogP contribution is -2.55. The second-order valence-electron chi connectivity index (χ2n) is 12.2. The number of carbonyl (C=O) groups excluding carboxylic acids is 2. The Bertz CT molecular complexity index is 912. The van der Waals surface area contributed by atoms with E-state index in [0.717, 1.165) is 18.4 Å². The highest BCUT2D eigenvalue weighted by Crippen LogP contribution is 2.46. The van der Waals surface area contributed by atoms with Crippen LogP contribution >= 0.6 is 0 Å². The third kappa shape index (κ3) is 7.36. The SMILES string of the molecule is CC(C)CN(CC(O)C(Cc1ccccc1)NC(=O)OC1C2COC3OC1CC3C2)C(=O)NC(C)(C)C. The second kappa shape index (κ2) is 11.6. The van der Waals surface area contributed by atoms with E-state index in [0.29, 0.717) is 25.5 Å². The number of aliphatic hydroxyl groups is 1. The number of aliphatic hydroxyl groups excluding tert-OH is 1. The fourth-order valence-electron chi connectivity index (χ4n) is 5.62. The predicted octanol–water partition coefficient (Wildman–Crippen LogP) is 3.30. The minimum absolute atomic E-state index is 0.0763. The second-order valence-corrected chi connectivity index (χ2v) is 12.2. The zero-order valence-corrected chi connectivity index (χ0v) is 22.7. The van der Waals surface area contributed by atoms with Crippen molar-refractivity contribution in [3.05, 3.63) is 35.9 Å². The van der Waals surface area contributed by atoms with Gasteiger partial charge in [0, 0.05) is 23.9 Å². The first-order chi connectivity index (χ1) is 17.5. The lowest BCUT2D eigenvalue weighted by atomic mass is 9.78. The maximum atomic E-state index is 13.1. The van der Waals surface area contributed by atoms with E-state index in [2.05, 4.69) is 10.6 Å².